The quantitative estimate of drug-likeness (QED) is 0.507. The van der Waals surface area contributed by atoms with E-state index in [9.17, 15) is 14.7 Å². The normalized spacial score (nSPS) is 18.4. The van der Waals surface area contributed by atoms with Crippen LogP contribution in [0.25, 0.3) is 0 Å². The molecule has 1 aromatic rings. The molecule has 0 spiro atoms. The van der Waals surface area contributed by atoms with Crippen LogP contribution < -0.4 is 47.7 Å². The summed E-state index contributed by atoms with van der Waals surface area (Å²) in [5.74, 6) is -1.04. The molecule has 3 rings (SSSR count). The van der Waals surface area contributed by atoms with Crippen LogP contribution in [-0.4, -0.2) is 47.9 Å². The van der Waals surface area contributed by atoms with Crippen LogP contribution in [0.2, 0.25) is 0 Å². The number of amides is 1. The Morgan fingerprint density at radius 1 is 1.22 bits per heavy atom. The number of carboxylic acid groups (broad SMARTS) is 1. The molecule has 8 heteroatoms. The molecule has 1 fully saturated rings. The van der Waals surface area contributed by atoms with Crippen molar-refractivity contribution in [1.82, 2.24) is 4.90 Å². The maximum Gasteiger partial charge on any atom is 1.00 e. The number of anilines is 1. The number of fused-ring (bicyclic) bond motifs is 1. The van der Waals surface area contributed by atoms with Gasteiger partial charge in [0.15, 0.2) is 0 Å². The molecule has 0 radical (unpaired) electrons. The van der Waals surface area contributed by atoms with Gasteiger partial charge in [-0.25, -0.2) is 0 Å². The number of carbonyl (C=O) groups excluding carboxylic acids is 2. The minimum absolute atomic E-state index is 0. The summed E-state index contributed by atoms with van der Waals surface area (Å²) in [6, 6.07) is 5.47. The first kappa shape index (κ1) is 22.1. The fourth-order valence-corrected chi connectivity index (χ4v) is 3.19. The summed E-state index contributed by atoms with van der Waals surface area (Å²) in [5.41, 5.74) is 2.38. The Kier molecular flexibility index (Phi) is 8.48. The van der Waals surface area contributed by atoms with Crippen LogP contribution in [0.3, 0.4) is 0 Å². The first-order valence-electron chi connectivity index (χ1n) is 6.92. The van der Waals surface area contributed by atoms with E-state index in [1.807, 2.05) is 11.0 Å². The minimum Gasteiger partial charge on any atom is -0.870 e. The van der Waals surface area contributed by atoms with Gasteiger partial charge in [0.25, 0.3) is 0 Å². The van der Waals surface area contributed by atoms with Crippen molar-refractivity contribution in [1.29, 1.82) is 0 Å². The van der Waals surface area contributed by atoms with Gasteiger partial charge in [-0.1, -0.05) is 12.1 Å². The monoisotopic (exact) mass is 304 g/mol. The molecule has 0 bridgehead atoms. The molecule has 1 atom stereocenters. The van der Waals surface area contributed by atoms with E-state index in [2.05, 4.69) is 4.90 Å². The first-order valence-corrected chi connectivity index (χ1v) is 6.92. The Balaban J connectivity index is 0.00000161. The van der Waals surface area contributed by atoms with E-state index in [4.69, 9.17) is 0 Å². The molecule has 6 nitrogen and oxygen atoms in total. The van der Waals surface area contributed by atoms with E-state index in [0.717, 1.165) is 38.2 Å². The molecule has 1 amide bonds. The molecular formula is C15H18Li2N2O4. The predicted octanol–water partition coefficient (Wildman–Crippen LogP) is -6.14. The molecule has 1 aromatic carbocycles. The topological polar surface area (TPSA) is 93.7 Å². The fourth-order valence-electron chi connectivity index (χ4n) is 3.19. The van der Waals surface area contributed by atoms with Gasteiger partial charge in [-0.2, -0.15) is 0 Å². The summed E-state index contributed by atoms with van der Waals surface area (Å²) in [4.78, 5) is 26.5. The van der Waals surface area contributed by atoms with Gasteiger partial charge in [-0.15, -0.1) is 0 Å². The number of carbonyl (C=O) groups is 2. The van der Waals surface area contributed by atoms with E-state index in [-0.39, 0.29) is 60.7 Å². The molecule has 1 saturated heterocycles. The van der Waals surface area contributed by atoms with Crippen LogP contribution in [-0.2, 0) is 11.2 Å². The molecule has 1 N–H and O–H groups in total. The Morgan fingerprint density at radius 3 is 2.48 bits per heavy atom. The minimum atomic E-state index is -1.14. The number of nitrogens with zero attached hydrogens (tertiary/aromatic N) is 2. The average molecular weight is 304 g/mol. The first-order chi connectivity index (χ1) is 9.56. The van der Waals surface area contributed by atoms with Gasteiger partial charge >= 0.3 is 37.7 Å². The maximum absolute atomic E-state index is 11.4. The second-order valence-corrected chi connectivity index (χ2v) is 5.48. The van der Waals surface area contributed by atoms with Crippen molar-refractivity contribution in [2.75, 3.05) is 24.5 Å². The molecule has 0 aromatic heterocycles. The number of benzene rings is 1. The van der Waals surface area contributed by atoms with Gasteiger partial charge in [-0.3, -0.25) is 4.79 Å². The summed E-state index contributed by atoms with van der Waals surface area (Å²) in [6.45, 7) is 3.99. The largest absolute Gasteiger partial charge is 1.00 e. The fraction of sp³-hybridized carbons (Fsp3) is 0.467. The second-order valence-electron chi connectivity index (χ2n) is 5.48. The third-order valence-corrected chi connectivity index (χ3v) is 4.30. The van der Waals surface area contributed by atoms with E-state index in [1.54, 1.807) is 19.1 Å². The van der Waals surface area contributed by atoms with Gasteiger partial charge in [0.1, 0.15) is 0 Å². The maximum atomic E-state index is 11.4. The smallest absolute Gasteiger partial charge is 0.870 e. The molecule has 2 aliphatic rings. The molecule has 2 heterocycles. The van der Waals surface area contributed by atoms with Crippen LogP contribution in [0.4, 0.5) is 5.69 Å². The molecule has 1 unspecified atom stereocenters. The van der Waals surface area contributed by atoms with Crippen molar-refractivity contribution in [3.63, 3.8) is 0 Å². The van der Waals surface area contributed by atoms with E-state index < -0.39 is 5.97 Å². The molecule has 2 aliphatic heterocycles. The Hall–Kier alpha value is -0.885. The van der Waals surface area contributed by atoms with Crippen molar-refractivity contribution < 1.29 is 57.9 Å². The van der Waals surface area contributed by atoms with Crippen molar-refractivity contribution in [2.24, 2.45) is 0 Å². The van der Waals surface area contributed by atoms with Crippen LogP contribution in [0.5, 0.6) is 0 Å². The SMILES string of the molecule is CC(=O)N1CCC(N2CCc3ccc(C(=O)[O-])cc32)C1.[Li+].[Li+].[OH-]. The van der Waals surface area contributed by atoms with Gasteiger partial charge in [0.2, 0.25) is 5.91 Å². The van der Waals surface area contributed by atoms with Crippen molar-refractivity contribution in [3.8, 4) is 0 Å². The zero-order valence-electron chi connectivity index (χ0n) is 13.9. The number of carboxylic acids is 1. The van der Waals surface area contributed by atoms with Crippen LogP contribution in [0.15, 0.2) is 18.2 Å². The van der Waals surface area contributed by atoms with Crippen LogP contribution in [0, 0.1) is 0 Å². The summed E-state index contributed by atoms with van der Waals surface area (Å²) in [5, 5.41) is 11.0. The summed E-state index contributed by atoms with van der Waals surface area (Å²) < 4.78 is 0. The number of rotatable bonds is 2. The molecule has 114 valence electrons. The number of hydrogen-bond donors (Lipinski definition) is 0. The summed E-state index contributed by atoms with van der Waals surface area (Å²) in [6.07, 6.45) is 1.87. The van der Waals surface area contributed by atoms with E-state index >= 15 is 0 Å². The number of aromatic carboxylic acids is 1. The van der Waals surface area contributed by atoms with E-state index in [0.29, 0.717) is 0 Å². The van der Waals surface area contributed by atoms with Crippen molar-refractivity contribution in [3.05, 3.63) is 29.3 Å². The number of hydrogen-bond acceptors (Lipinski definition) is 5. The van der Waals surface area contributed by atoms with Gasteiger partial charge < -0.3 is 25.2 Å². The molecule has 0 saturated carbocycles. The van der Waals surface area contributed by atoms with Crippen molar-refractivity contribution in [2.45, 2.75) is 25.8 Å². The zero-order chi connectivity index (χ0) is 14.3. The molecule has 0 aliphatic carbocycles. The van der Waals surface area contributed by atoms with Gasteiger partial charge in [-0.05, 0) is 30.0 Å². The van der Waals surface area contributed by atoms with Crippen LogP contribution in [0.1, 0.15) is 29.3 Å². The van der Waals surface area contributed by atoms with Crippen molar-refractivity contribution >= 4 is 17.6 Å². The summed E-state index contributed by atoms with van der Waals surface area (Å²) >= 11 is 0. The van der Waals surface area contributed by atoms with E-state index in [1.165, 1.54) is 5.56 Å². The zero-order valence-corrected chi connectivity index (χ0v) is 13.9. The Morgan fingerprint density at radius 2 is 1.91 bits per heavy atom. The molecular weight excluding hydrogens is 286 g/mol. The third kappa shape index (κ3) is 4.35. The summed E-state index contributed by atoms with van der Waals surface area (Å²) in [7, 11) is 0. The second kappa shape index (κ2) is 8.82. The standard InChI is InChI=1S/C15H18N2O3.2Li.H2O/c1-10(18)16-6-5-13(9-16)17-7-4-11-2-3-12(15(19)20)8-14(11)17;;;/h2-3,8,13H,4-7,9H2,1H3,(H,19,20);;;1H2/q;2*+1;/p-2. The Bertz CT molecular complexity index is 583. The average Bonchev–Trinajstić information content (AvgIpc) is 3.03. The number of likely N-dealkylation sites (tertiary alicyclic amines) is 1. The molecule has 23 heavy (non-hydrogen) atoms. The van der Waals surface area contributed by atoms with Crippen LogP contribution >= 0.6 is 0 Å². The third-order valence-electron chi connectivity index (χ3n) is 4.30. The Labute approximate surface area is 159 Å². The van der Waals surface area contributed by atoms with Gasteiger partial charge in [0.05, 0.1) is 5.97 Å². The predicted molar refractivity (Wildman–Crippen MR) is 74.4 cm³/mol. The van der Waals surface area contributed by atoms with Gasteiger partial charge in [0, 0.05) is 38.3 Å².